The first-order valence-corrected chi connectivity index (χ1v) is 29.3. The molecule has 0 heterocycles. The molecule has 0 nitrogen and oxygen atoms in total. The Kier molecular flexibility index (Phi) is 42.1. The van der Waals surface area contributed by atoms with Crippen LogP contribution in [0.15, 0.2) is 0 Å². The van der Waals surface area contributed by atoms with Crippen molar-refractivity contribution in [3.05, 3.63) is 0 Å². The van der Waals surface area contributed by atoms with Gasteiger partial charge in [-0.15, -0.1) is 0 Å². The predicted molar refractivity (Wildman–Crippen MR) is 235 cm³/mol. The van der Waals surface area contributed by atoms with Gasteiger partial charge in [0.25, 0.3) is 0 Å². The van der Waals surface area contributed by atoms with Gasteiger partial charge in [-0.25, -0.2) is 0 Å². The molecule has 0 aliphatic rings. The van der Waals surface area contributed by atoms with Gasteiger partial charge >= 0.3 is 305 Å². The molecule has 0 spiro atoms. The molecule has 2 heteroatoms. The normalized spacial score (nSPS) is 12.7. The minimum absolute atomic E-state index is 0.738. The van der Waals surface area contributed by atoms with Crippen molar-refractivity contribution in [1.29, 1.82) is 0 Å². The zero-order valence-corrected chi connectivity index (χ0v) is 37.2. The summed E-state index contributed by atoms with van der Waals surface area (Å²) in [5.41, 5.74) is 0. The fourth-order valence-corrected chi connectivity index (χ4v) is 14.5. The van der Waals surface area contributed by atoms with Crippen LogP contribution in [0.25, 0.3) is 0 Å². The number of hydrogen-bond acceptors (Lipinski definition) is 0. The predicted octanol–water partition coefficient (Wildman–Crippen LogP) is 16.9. The van der Waals surface area contributed by atoms with Gasteiger partial charge in [0.2, 0.25) is 0 Å². The molecule has 0 saturated carbocycles. The Labute approximate surface area is 304 Å². The van der Waals surface area contributed by atoms with Gasteiger partial charge < -0.3 is 0 Å². The van der Waals surface area contributed by atoms with Gasteiger partial charge in [-0.2, -0.15) is 0 Å². The molecule has 0 aliphatic carbocycles. The molecular weight excluding hydrogens is 602 g/mol. The van der Waals surface area contributed by atoms with E-state index in [0.717, 1.165) is 0 Å². The first-order chi connectivity index (χ1) is 22.8. The third kappa shape index (κ3) is 41.2. The molecule has 0 amide bonds. The van der Waals surface area contributed by atoms with Gasteiger partial charge in [0.1, 0.15) is 0 Å². The third-order valence-corrected chi connectivity index (χ3v) is 18.5. The third-order valence-electron chi connectivity index (χ3n) is 11.0. The maximum atomic E-state index is 2.48. The monoisotopic (exact) mass is 703 g/mol. The van der Waals surface area contributed by atoms with Gasteiger partial charge in [0, 0.05) is 0 Å². The SMILES string of the molecule is CCCCCCCCCC[PH](C)(C)C.CCCCCCCC[PH](CCCCCCCC)(CCCCCCCC)CCCCCCCC. The second-order valence-corrected chi connectivity index (χ2v) is 28.0. The summed E-state index contributed by atoms with van der Waals surface area (Å²) in [6.07, 6.45) is 55.6. The summed E-state index contributed by atoms with van der Waals surface area (Å²) in [5.74, 6) is 0. The van der Waals surface area contributed by atoms with E-state index in [2.05, 4.69) is 54.6 Å². The summed E-state index contributed by atoms with van der Waals surface area (Å²) < 4.78 is 0. The zero-order valence-electron chi connectivity index (χ0n) is 35.2. The fourth-order valence-electron chi connectivity index (χ4n) is 7.66. The van der Waals surface area contributed by atoms with E-state index in [4.69, 9.17) is 0 Å². The topological polar surface area (TPSA) is 0 Å². The van der Waals surface area contributed by atoms with E-state index in [1.54, 1.807) is 50.3 Å². The minimum atomic E-state index is -1.07. The first kappa shape index (κ1) is 50.0. The average Bonchev–Trinajstić information content (AvgIpc) is 3.05. The molecular formula is C45H100P2. The fraction of sp³-hybridized carbons (Fsp3) is 1.00. The summed E-state index contributed by atoms with van der Waals surface area (Å²) in [6, 6.07) is 0. The van der Waals surface area contributed by atoms with Crippen molar-refractivity contribution < 1.29 is 0 Å². The van der Waals surface area contributed by atoms with E-state index in [1.807, 2.05) is 0 Å². The number of hydrogen-bond donors (Lipinski definition) is 0. The second-order valence-electron chi connectivity index (χ2n) is 17.4. The Morgan fingerprint density at radius 2 is 0.383 bits per heavy atom. The molecule has 0 rings (SSSR count). The molecule has 0 aromatic heterocycles. The van der Waals surface area contributed by atoms with Crippen LogP contribution in [0.2, 0.25) is 0 Å². The van der Waals surface area contributed by atoms with Crippen LogP contribution < -0.4 is 0 Å². The van der Waals surface area contributed by atoms with Crippen LogP contribution in [0, 0.1) is 0 Å². The zero-order chi connectivity index (χ0) is 35.2. The van der Waals surface area contributed by atoms with E-state index in [9.17, 15) is 0 Å². The Hall–Kier alpha value is 0.860. The van der Waals surface area contributed by atoms with Crippen LogP contribution in [0.3, 0.4) is 0 Å². The molecule has 0 N–H and O–H groups in total. The van der Waals surface area contributed by atoms with Gasteiger partial charge in [-0.3, -0.25) is 0 Å². The van der Waals surface area contributed by atoms with Crippen molar-refractivity contribution in [2.45, 2.75) is 240 Å². The van der Waals surface area contributed by atoms with E-state index >= 15 is 0 Å². The van der Waals surface area contributed by atoms with Crippen molar-refractivity contribution >= 4 is 14.5 Å². The Morgan fingerprint density at radius 1 is 0.213 bits per heavy atom. The molecule has 0 atom stereocenters. The van der Waals surface area contributed by atoms with Crippen LogP contribution in [-0.2, 0) is 0 Å². The summed E-state index contributed by atoms with van der Waals surface area (Å²) in [5, 5.41) is 0. The molecule has 0 aromatic rings. The standard InChI is InChI=1S/C32H69P.C13H31P/c1-5-9-13-17-21-25-29-33(30-26-22-18-14-10-6-2,31-27-23-19-15-11-7-3)32-28-24-20-16-12-8-4;1-5-6-7-8-9-10-11-12-13-14(2,3)4/h33H,5-32H2,1-4H3;14H,5-13H2,1-4H3. The molecule has 0 bridgehead atoms. The van der Waals surface area contributed by atoms with Gasteiger partial charge in [0.05, 0.1) is 0 Å². The summed E-state index contributed by atoms with van der Waals surface area (Å²) in [6.45, 7) is 19.1. The van der Waals surface area contributed by atoms with Crippen molar-refractivity contribution in [2.24, 2.45) is 0 Å². The van der Waals surface area contributed by atoms with Gasteiger partial charge in [0.15, 0.2) is 0 Å². The molecule has 0 fully saturated rings. The van der Waals surface area contributed by atoms with Crippen molar-refractivity contribution in [3.8, 4) is 0 Å². The maximum absolute atomic E-state index is 2.48. The van der Waals surface area contributed by atoms with Gasteiger partial charge in [-0.1, -0.05) is 0 Å². The van der Waals surface area contributed by atoms with Crippen LogP contribution in [0.1, 0.15) is 240 Å². The Morgan fingerprint density at radius 3 is 0.574 bits per heavy atom. The van der Waals surface area contributed by atoms with Crippen molar-refractivity contribution in [2.75, 3.05) is 50.8 Å². The van der Waals surface area contributed by atoms with E-state index < -0.39 is 14.5 Å². The number of unbranched alkanes of at least 4 members (excludes halogenated alkanes) is 27. The molecule has 0 radical (unpaired) electrons. The molecule has 0 unspecified atom stereocenters. The van der Waals surface area contributed by atoms with Gasteiger partial charge in [-0.05, 0) is 0 Å². The van der Waals surface area contributed by atoms with Crippen molar-refractivity contribution in [1.82, 2.24) is 0 Å². The van der Waals surface area contributed by atoms with Crippen LogP contribution in [0.5, 0.6) is 0 Å². The van der Waals surface area contributed by atoms with E-state index in [1.165, 1.54) is 186 Å². The van der Waals surface area contributed by atoms with E-state index in [-0.39, 0.29) is 0 Å². The Bertz CT molecular complexity index is 481. The Balaban J connectivity index is 0. The molecule has 290 valence electrons. The quantitative estimate of drug-likeness (QED) is 0.0446. The number of rotatable bonds is 37. The molecule has 47 heavy (non-hydrogen) atoms. The molecule has 0 aromatic carbocycles. The summed E-state index contributed by atoms with van der Waals surface area (Å²) in [4.78, 5) is 0. The average molecular weight is 703 g/mol. The van der Waals surface area contributed by atoms with Crippen molar-refractivity contribution in [3.63, 3.8) is 0 Å². The van der Waals surface area contributed by atoms with Crippen LogP contribution >= 0.6 is 14.5 Å². The molecule has 0 saturated heterocycles. The summed E-state index contributed by atoms with van der Waals surface area (Å²) in [7, 11) is -1.81. The van der Waals surface area contributed by atoms with Crippen LogP contribution in [0.4, 0.5) is 0 Å². The van der Waals surface area contributed by atoms with Crippen LogP contribution in [-0.4, -0.2) is 50.8 Å². The molecule has 0 aliphatic heterocycles. The van der Waals surface area contributed by atoms with E-state index in [0.29, 0.717) is 0 Å². The first-order valence-electron chi connectivity index (χ1n) is 22.8. The summed E-state index contributed by atoms with van der Waals surface area (Å²) >= 11 is 0. The second kappa shape index (κ2) is 39.6.